The summed E-state index contributed by atoms with van der Waals surface area (Å²) >= 11 is 0. The minimum absolute atomic E-state index is 0.0933. The van der Waals surface area contributed by atoms with Crippen LogP contribution in [0.4, 0.5) is 0 Å². The van der Waals surface area contributed by atoms with Gasteiger partial charge in [0.1, 0.15) is 0 Å². The fourth-order valence-corrected chi connectivity index (χ4v) is 1.38. The van der Waals surface area contributed by atoms with Crippen LogP contribution in [0, 0.1) is 5.92 Å². The van der Waals surface area contributed by atoms with Crippen molar-refractivity contribution in [2.24, 2.45) is 11.7 Å². The van der Waals surface area contributed by atoms with Crippen molar-refractivity contribution in [1.29, 1.82) is 0 Å². The van der Waals surface area contributed by atoms with Crippen LogP contribution in [0.3, 0.4) is 0 Å². The Bertz CT molecular complexity index is 99.3. The molecule has 0 aliphatic heterocycles. The number of hydrogen-bond donors (Lipinski definition) is 1. The van der Waals surface area contributed by atoms with Crippen LogP contribution in [0.15, 0.2) is 0 Å². The molecule has 0 saturated heterocycles. The van der Waals surface area contributed by atoms with Crippen LogP contribution < -0.4 is 5.73 Å². The third kappa shape index (κ3) is 6.09. The van der Waals surface area contributed by atoms with Gasteiger partial charge in [-0.2, -0.15) is 0 Å². The highest BCUT2D eigenvalue weighted by Crippen LogP contribution is 2.23. The first-order chi connectivity index (χ1) is 6.06. The molecule has 0 amide bonds. The summed E-state index contributed by atoms with van der Waals surface area (Å²) in [6.07, 6.45) is 4.80. The highest BCUT2D eigenvalue weighted by molar-refractivity contribution is 4.85. The zero-order chi connectivity index (χ0) is 10.9. The van der Waals surface area contributed by atoms with E-state index in [-0.39, 0.29) is 5.54 Å². The molecule has 13 heavy (non-hydrogen) atoms. The summed E-state index contributed by atoms with van der Waals surface area (Å²) in [5, 5.41) is 0. The zero-order valence-corrected chi connectivity index (χ0v) is 10.5. The SMILES string of the molecule is CC.CCCCC(N)(CC)C(C)C. The van der Waals surface area contributed by atoms with Gasteiger partial charge in [-0.3, -0.25) is 0 Å². The smallest absolute Gasteiger partial charge is 0.0174 e. The van der Waals surface area contributed by atoms with Crippen molar-refractivity contribution in [2.75, 3.05) is 0 Å². The van der Waals surface area contributed by atoms with Crippen LogP contribution >= 0.6 is 0 Å². The highest BCUT2D eigenvalue weighted by Gasteiger charge is 2.25. The lowest BCUT2D eigenvalue weighted by atomic mass is 9.81. The molecule has 0 rings (SSSR count). The van der Waals surface area contributed by atoms with Crippen LogP contribution in [0.25, 0.3) is 0 Å². The summed E-state index contributed by atoms with van der Waals surface area (Å²) in [6.45, 7) is 12.9. The molecule has 1 nitrogen and oxygen atoms in total. The van der Waals surface area contributed by atoms with Crippen LogP contribution in [-0.2, 0) is 0 Å². The highest BCUT2D eigenvalue weighted by atomic mass is 14.7. The molecule has 1 heteroatoms. The van der Waals surface area contributed by atoms with Crippen molar-refractivity contribution in [2.45, 2.75) is 72.8 Å². The first-order valence-corrected chi connectivity index (χ1v) is 5.85. The molecule has 0 radical (unpaired) electrons. The van der Waals surface area contributed by atoms with Crippen molar-refractivity contribution in [1.82, 2.24) is 0 Å². The Morgan fingerprint density at radius 2 is 1.62 bits per heavy atom. The van der Waals surface area contributed by atoms with Gasteiger partial charge in [0, 0.05) is 5.54 Å². The van der Waals surface area contributed by atoms with Gasteiger partial charge in [0.15, 0.2) is 0 Å². The van der Waals surface area contributed by atoms with Gasteiger partial charge in [0.2, 0.25) is 0 Å². The Balaban J connectivity index is 0. The molecule has 2 N–H and O–H groups in total. The van der Waals surface area contributed by atoms with E-state index in [1.165, 1.54) is 19.3 Å². The Kier molecular flexibility index (Phi) is 10.2. The number of nitrogens with two attached hydrogens (primary N) is 1. The third-order valence-corrected chi connectivity index (χ3v) is 2.80. The fourth-order valence-electron chi connectivity index (χ4n) is 1.38. The first kappa shape index (κ1) is 15.4. The molecular weight excluding hydrogens is 158 g/mol. The fraction of sp³-hybridized carbons (Fsp3) is 1.00. The minimum Gasteiger partial charge on any atom is -0.325 e. The Morgan fingerprint density at radius 1 is 1.15 bits per heavy atom. The van der Waals surface area contributed by atoms with E-state index < -0.39 is 0 Å². The van der Waals surface area contributed by atoms with Crippen molar-refractivity contribution in [3.63, 3.8) is 0 Å². The molecule has 1 atom stereocenters. The third-order valence-electron chi connectivity index (χ3n) is 2.80. The maximum Gasteiger partial charge on any atom is 0.0174 e. The summed E-state index contributed by atoms with van der Waals surface area (Å²) in [5.41, 5.74) is 6.32. The van der Waals surface area contributed by atoms with E-state index in [0.29, 0.717) is 5.92 Å². The van der Waals surface area contributed by atoms with Crippen LogP contribution in [-0.4, -0.2) is 5.54 Å². The average molecular weight is 187 g/mol. The number of unbranched alkanes of at least 4 members (excludes halogenated alkanes) is 1. The molecule has 1 unspecified atom stereocenters. The molecule has 0 aromatic rings. The van der Waals surface area contributed by atoms with Gasteiger partial charge >= 0.3 is 0 Å². The molecular formula is C12H29N. The Hall–Kier alpha value is -0.0400. The predicted octanol–water partition coefficient (Wildman–Crippen LogP) is 3.97. The van der Waals surface area contributed by atoms with Crippen LogP contribution in [0.5, 0.6) is 0 Å². The maximum atomic E-state index is 6.23. The van der Waals surface area contributed by atoms with Crippen molar-refractivity contribution in [3.05, 3.63) is 0 Å². The molecule has 0 heterocycles. The Labute approximate surface area is 85.1 Å². The van der Waals surface area contributed by atoms with Crippen molar-refractivity contribution in [3.8, 4) is 0 Å². The van der Waals surface area contributed by atoms with E-state index in [1.54, 1.807) is 0 Å². The summed E-state index contributed by atoms with van der Waals surface area (Å²) in [4.78, 5) is 0. The molecule has 82 valence electrons. The van der Waals surface area contributed by atoms with E-state index in [4.69, 9.17) is 5.73 Å². The molecule has 0 saturated carbocycles. The minimum atomic E-state index is 0.0933. The van der Waals surface area contributed by atoms with Crippen LogP contribution in [0.1, 0.15) is 67.2 Å². The quantitative estimate of drug-likeness (QED) is 0.692. The first-order valence-electron chi connectivity index (χ1n) is 5.85. The summed E-state index contributed by atoms with van der Waals surface area (Å²) in [6, 6.07) is 0. The molecule has 0 aromatic heterocycles. The predicted molar refractivity (Wildman–Crippen MR) is 62.9 cm³/mol. The second-order valence-electron chi connectivity index (χ2n) is 3.84. The topological polar surface area (TPSA) is 26.0 Å². The normalized spacial score (nSPS) is 14.8. The van der Waals surface area contributed by atoms with Gasteiger partial charge in [-0.1, -0.05) is 54.4 Å². The molecule has 0 aromatic carbocycles. The lowest BCUT2D eigenvalue weighted by molar-refractivity contribution is 0.271. The van der Waals surface area contributed by atoms with Gasteiger partial charge < -0.3 is 5.73 Å². The lowest BCUT2D eigenvalue weighted by Gasteiger charge is -2.32. The Morgan fingerprint density at radius 3 is 1.85 bits per heavy atom. The summed E-state index contributed by atoms with van der Waals surface area (Å²) < 4.78 is 0. The largest absolute Gasteiger partial charge is 0.325 e. The van der Waals surface area contributed by atoms with E-state index in [9.17, 15) is 0 Å². The number of rotatable bonds is 5. The second kappa shape index (κ2) is 8.55. The molecule has 0 aliphatic rings. The van der Waals surface area contributed by atoms with Gasteiger partial charge in [-0.25, -0.2) is 0 Å². The van der Waals surface area contributed by atoms with E-state index in [2.05, 4.69) is 27.7 Å². The average Bonchev–Trinajstić information content (AvgIpc) is 2.17. The zero-order valence-electron chi connectivity index (χ0n) is 10.5. The van der Waals surface area contributed by atoms with Gasteiger partial charge in [-0.05, 0) is 18.8 Å². The summed E-state index contributed by atoms with van der Waals surface area (Å²) in [5.74, 6) is 0.610. The van der Waals surface area contributed by atoms with Gasteiger partial charge in [0.25, 0.3) is 0 Å². The van der Waals surface area contributed by atoms with E-state index >= 15 is 0 Å². The van der Waals surface area contributed by atoms with E-state index in [1.807, 2.05) is 13.8 Å². The van der Waals surface area contributed by atoms with Crippen LogP contribution in [0.2, 0.25) is 0 Å². The van der Waals surface area contributed by atoms with Gasteiger partial charge in [0.05, 0.1) is 0 Å². The van der Waals surface area contributed by atoms with Crippen molar-refractivity contribution < 1.29 is 0 Å². The molecule has 0 fully saturated rings. The molecule has 0 bridgehead atoms. The standard InChI is InChI=1S/C10H23N.C2H6/c1-5-7-8-10(11,6-2)9(3)4;1-2/h9H,5-8,11H2,1-4H3;1-2H3. The van der Waals surface area contributed by atoms with Crippen molar-refractivity contribution >= 4 is 0 Å². The van der Waals surface area contributed by atoms with Gasteiger partial charge in [-0.15, -0.1) is 0 Å². The maximum absolute atomic E-state index is 6.23. The van der Waals surface area contributed by atoms with E-state index in [0.717, 1.165) is 6.42 Å². The second-order valence-corrected chi connectivity index (χ2v) is 3.84. The lowest BCUT2D eigenvalue weighted by Crippen LogP contribution is -2.44. The number of hydrogen-bond acceptors (Lipinski definition) is 1. The summed E-state index contributed by atoms with van der Waals surface area (Å²) in [7, 11) is 0. The monoisotopic (exact) mass is 187 g/mol. The molecule has 0 spiro atoms. The molecule has 0 aliphatic carbocycles.